The van der Waals surface area contributed by atoms with Gasteiger partial charge in [-0.15, -0.1) is 0 Å². The van der Waals surface area contributed by atoms with E-state index in [2.05, 4.69) is 5.32 Å². The van der Waals surface area contributed by atoms with E-state index in [1.54, 1.807) is 6.07 Å². The Morgan fingerprint density at radius 3 is 2.52 bits per heavy atom. The first-order valence-electron chi connectivity index (χ1n) is 7.14. The zero-order valence-electron chi connectivity index (χ0n) is 13.7. The first-order chi connectivity index (χ1) is 10.7. The van der Waals surface area contributed by atoms with E-state index in [1.807, 2.05) is 38.7 Å². The Balaban J connectivity index is 3.08. The fourth-order valence-corrected chi connectivity index (χ4v) is 1.98. The van der Waals surface area contributed by atoms with Gasteiger partial charge >= 0.3 is 0 Å². The minimum absolute atomic E-state index is 0.0578. The highest BCUT2D eigenvalue weighted by atomic mass is 16.6. The van der Waals surface area contributed by atoms with E-state index in [0.717, 1.165) is 0 Å². The number of hydrogen-bond acceptors (Lipinski definition) is 5. The van der Waals surface area contributed by atoms with Gasteiger partial charge in [-0.2, -0.15) is 5.26 Å². The number of nitro groups is 1. The summed E-state index contributed by atoms with van der Waals surface area (Å²) >= 11 is 0. The van der Waals surface area contributed by atoms with Gasteiger partial charge in [0.05, 0.1) is 4.92 Å². The van der Waals surface area contributed by atoms with Crippen LogP contribution >= 0.6 is 0 Å². The van der Waals surface area contributed by atoms with E-state index in [0.29, 0.717) is 6.54 Å². The Labute approximate surface area is 135 Å². The Morgan fingerprint density at radius 1 is 1.43 bits per heavy atom. The Hall–Kier alpha value is -2.88. The topological polar surface area (TPSA) is 99.3 Å². The van der Waals surface area contributed by atoms with Crippen molar-refractivity contribution >= 4 is 17.3 Å². The number of hydrogen-bond donors (Lipinski definition) is 1. The van der Waals surface area contributed by atoms with Gasteiger partial charge in [0.1, 0.15) is 17.3 Å². The van der Waals surface area contributed by atoms with E-state index in [9.17, 15) is 20.2 Å². The van der Waals surface area contributed by atoms with Gasteiger partial charge in [-0.1, -0.05) is 12.1 Å². The van der Waals surface area contributed by atoms with Crippen LogP contribution in [0, 0.1) is 21.4 Å². The maximum absolute atomic E-state index is 12.2. The third-order valence-electron chi connectivity index (χ3n) is 3.20. The number of carbonyl (C=O) groups excluding carboxylic acids is 1. The molecule has 7 nitrogen and oxygen atoms in total. The third-order valence-corrected chi connectivity index (χ3v) is 3.20. The fourth-order valence-electron chi connectivity index (χ4n) is 1.98. The average molecular weight is 316 g/mol. The molecule has 0 aromatic heterocycles. The monoisotopic (exact) mass is 316 g/mol. The molecule has 0 heterocycles. The molecule has 0 aliphatic rings. The van der Waals surface area contributed by atoms with Gasteiger partial charge in [0.2, 0.25) is 0 Å². The van der Waals surface area contributed by atoms with Crippen LogP contribution in [-0.4, -0.2) is 27.8 Å². The number of rotatable bonds is 5. The number of nitrogens with zero attached hydrogens (tertiary/aromatic N) is 3. The lowest BCUT2D eigenvalue weighted by atomic mass is 10.1. The highest BCUT2D eigenvalue weighted by Crippen LogP contribution is 2.24. The van der Waals surface area contributed by atoms with E-state index >= 15 is 0 Å². The Morgan fingerprint density at radius 2 is 2.04 bits per heavy atom. The molecule has 0 unspecified atom stereocenters. The second kappa shape index (κ2) is 7.40. The summed E-state index contributed by atoms with van der Waals surface area (Å²) in [5, 5.41) is 22.6. The molecule has 23 heavy (non-hydrogen) atoms. The van der Waals surface area contributed by atoms with Crippen molar-refractivity contribution in [3.8, 4) is 6.07 Å². The number of amides is 1. The molecule has 1 aromatic carbocycles. The number of nitrogens with one attached hydrogen (secondary N) is 1. The second-order valence-corrected chi connectivity index (χ2v) is 5.84. The lowest BCUT2D eigenvalue weighted by Gasteiger charge is -2.33. The molecule has 0 aliphatic heterocycles. The summed E-state index contributed by atoms with van der Waals surface area (Å²) in [7, 11) is 0. The van der Waals surface area contributed by atoms with Gasteiger partial charge in [0.15, 0.2) is 0 Å². The van der Waals surface area contributed by atoms with Gasteiger partial charge in [-0.3, -0.25) is 14.9 Å². The summed E-state index contributed by atoms with van der Waals surface area (Å²) < 4.78 is 0. The van der Waals surface area contributed by atoms with Crippen LogP contribution in [0.2, 0.25) is 0 Å². The maximum atomic E-state index is 12.2. The zero-order valence-corrected chi connectivity index (χ0v) is 13.7. The van der Waals surface area contributed by atoms with Crippen LogP contribution < -0.4 is 5.32 Å². The lowest BCUT2D eigenvalue weighted by Crippen LogP contribution is -2.37. The molecular weight excluding hydrogens is 296 g/mol. The first kappa shape index (κ1) is 18.2. The summed E-state index contributed by atoms with van der Waals surface area (Å²) in [5.74, 6) is -0.676. The van der Waals surface area contributed by atoms with Crippen molar-refractivity contribution in [1.82, 2.24) is 4.90 Å². The molecule has 7 heteroatoms. The van der Waals surface area contributed by atoms with Gasteiger partial charge in [0.25, 0.3) is 11.6 Å². The maximum Gasteiger partial charge on any atom is 0.292 e. The minimum atomic E-state index is -0.676. The van der Waals surface area contributed by atoms with E-state index in [-0.39, 0.29) is 22.5 Å². The van der Waals surface area contributed by atoms with Crippen LogP contribution in [0.1, 0.15) is 27.7 Å². The van der Waals surface area contributed by atoms with Gasteiger partial charge in [0, 0.05) is 24.4 Å². The van der Waals surface area contributed by atoms with Crippen molar-refractivity contribution in [2.75, 3.05) is 11.9 Å². The molecular formula is C16H20N4O3. The van der Waals surface area contributed by atoms with E-state index < -0.39 is 10.8 Å². The molecule has 0 radical (unpaired) electrons. The number of benzene rings is 1. The molecule has 0 atom stereocenters. The Kier molecular flexibility index (Phi) is 5.85. The molecule has 1 N–H and O–H groups in total. The van der Waals surface area contributed by atoms with Crippen LogP contribution in [-0.2, 0) is 4.79 Å². The van der Waals surface area contributed by atoms with Gasteiger partial charge in [-0.25, -0.2) is 0 Å². The van der Waals surface area contributed by atoms with E-state index in [4.69, 9.17) is 0 Å². The highest BCUT2D eigenvalue weighted by molar-refractivity contribution is 6.07. The van der Waals surface area contributed by atoms with Crippen LogP contribution in [0.3, 0.4) is 0 Å². The van der Waals surface area contributed by atoms with Crippen molar-refractivity contribution in [3.63, 3.8) is 0 Å². The van der Waals surface area contributed by atoms with Crippen LogP contribution in [0.15, 0.2) is 36.0 Å². The number of para-hydroxylation sites is 2. The van der Waals surface area contributed by atoms with Crippen molar-refractivity contribution < 1.29 is 9.72 Å². The zero-order chi connectivity index (χ0) is 17.6. The standard InChI is InChI=1S/C16H20N4O3/c1-5-19(16(2,3)4)11-12(10-17)15(21)18-13-8-6-7-9-14(13)20(22)23/h6-9,11H,5H2,1-4H3,(H,18,21)/b12-11-. The minimum Gasteiger partial charge on any atom is -0.372 e. The molecule has 0 aliphatic carbocycles. The van der Waals surface area contributed by atoms with Crippen LogP contribution in [0.4, 0.5) is 11.4 Å². The summed E-state index contributed by atoms with van der Waals surface area (Å²) in [5.41, 5.74) is -0.528. The van der Waals surface area contributed by atoms with Crippen LogP contribution in [0.5, 0.6) is 0 Å². The van der Waals surface area contributed by atoms with Gasteiger partial charge in [-0.05, 0) is 33.8 Å². The Bertz CT molecular complexity index is 669. The lowest BCUT2D eigenvalue weighted by molar-refractivity contribution is -0.383. The molecule has 1 rings (SSSR count). The van der Waals surface area contributed by atoms with Crippen molar-refractivity contribution in [1.29, 1.82) is 5.26 Å². The average Bonchev–Trinajstić information content (AvgIpc) is 2.47. The van der Waals surface area contributed by atoms with Gasteiger partial charge < -0.3 is 10.2 Å². The third kappa shape index (κ3) is 4.81. The number of nitro benzene ring substituents is 1. The second-order valence-electron chi connectivity index (χ2n) is 5.84. The number of carbonyl (C=O) groups is 1. The SMILES string of the molecule is CCN(/C=C(/C#N)C(=O)Nc1ccccc1[N+](=O)[O-])C(C)(C)C. The highest BCUT2D eigenvalue weighted by Gasteiger charge is 2.21. The summed E-state index contributed by atoms with van der Waals surface area (Å²) in [4.78, 5) is 24.5. The predicted octanol–water partition coefficient (Wildman–Crippen LogP) is 3.06. The molecule has 0 fully saturated rings. The molecule has 0 bridgehead atoms. The van der Waals surface area contributed by atoms with Crippen molar-refractivity contribution in [2.24, 2.45) is 0 Å². The summed E-state index contributed by atoms with van der Waals surface area (Å²) in [6, 6.07) is 7.64. The van der Waals surface area contributed by atoms with E-state index in [1.165, 1.54) is 24.4 Å². The molecule has 0 saturated carbocycles. The van der Waals surface area contributed by atoms with Crippen LogP contribution in [0.25, 0.3) is 0 Å². The largest absolute Gasteiger partial charge is 0.372 e. The van der Waals surface area contributed by atoms with Crippen molar-refractivity contribution in [3.05, 3.63) is 46.2 Å². The number of nitriles is 1. The first-order valence-corrected chi connectivity index (χ1v) is 7.14. The molecule has 1 aromatic rings. The molecule has 1 amide bonds. The molecule has 122 valence electrons. The fraction of sp³-hybridized carbons (Fsp3) is 0.375. The quantitative estimate of drug-likeness (QED) is 0.389. The smallest absolute Gasteiger partial charge is 0.292 e. The summed E-state index contributed by atoms with van der Waals surface area (Å²) in [6.07, 6.45) is 1.48. The van der Waals surface area contributed by atoms with Crippen molar-refractivity contribution in [2.45, 2.75) is 33.2 Å². The number of anilines is 1. The summed E-state index contributed by atoms with van der Waals surface area (Å²) in [6.45, 7) is 8.41. The molecule has 0 saturated heterocycles. The predicted molar refractivity (Wildman–Crippen MR) is 87.6 cm³/mol. The normalized spacial score (nSPS) is 11.5. The molecule has 0 spiro atoms.